The van der Waals surface area contributed by atoms with Crippen molar-refractivity contribution in [3.05, 3.63) is 0 Å². The van der Waals surface area contributed by atoms with Gasteiger partial charge < -0.3 is 24.4 Å². The number of aliphatic hydroxyl groups excluding tert-OH is 2. The highest BCUT2D eigenvalue weighted by Gasteiger charge is 2.01. The van der Waals surface area contributed by atoms with E-state index in [4.69, 9.17) is 19.7 Å². The van der Waals surface area contributed by atoms with Crippen molar-refractivity contribution >= 4 is 5.97 Å². The van der Waals surface area contributed by atoms with Gasteiger partial charge in [0.2, 0.25) is 0 Å². The Morgan fingerprint density at radius 1 is 1.00 bits per heavy atom. The van der Waals surface area contributed by atoms with Crippen LogP contribution in [0, 0.1) is 0 Å². The average molecular weight is 208 g/mol. The molecule has 0 saturated carbocycles. The van der Waals surface area contributed by atoms with Crippen LogP contribution in [-0.4, -0.2) is 56.0 Å². The molecule has 0 fully saturated rings. The molecule has 0 aliphatic rings. The summed E-state index contributed by atoms with van der Waals surface area (Å²) in [5.41, 5.74) is 0. The molecule has 84 valence electrons. The van der Waals surface area contributed by atoms with Gasteiger partial charge in [-0.2, -0.15) is 0 Å². The third kappa shape index (κ3) is 9.40. The van der Waals surface area contributed by atoms with Gasteiger partial charge in [0.05, 0.1) is 32.8 Å². The number of carbonyl (C=O) groups is 1. The summed E-state index contributed by atoms with van der Waals surface area (Å²) in [5, 5.41) is 16.7. The van der Waals surface area contributed by atoms with Crippen molar-refractivity contribution in [3.63, 3.8) is 0 Å². The zero-order valence-corrected chi connectivity index (χ0v) is 7.98. The lowest BCUT2D eigenvalue weighted by molar-refractivity contribution is -0.147. The minimum atomic E-state index is -0.416. The van der Waals surface area contributed by atoms with Gasteiger partial charge in [-0.1, -0.05) is 0 Å². The Labute approximate surface area is 82.4 Å². The van der Waals surface area contributed by atoms with Crippen molar-refractivity contribution in [2.75, 3.05) is 39.8 Å². The van der Waals surface area contributed by atoms with E-state index in [1.807, 2.05) is 0 Å². The van der Waals surface area contributed by atoms with E-state index in [0.29, 0.717) is 0 Å². The summed E-state index contributed by atoms with van der Waals surface area (Å²) in [5.74, 6) is -0.416. The van der Waals surface area contributed by atoms with E-state index in [-0.39, 0.29) is 46.2 Å². The fourth-order valence-corrected chi connectivity index (χ4v) is 0.628. The van der Waals surface area contributed by atoms with Crippen LogP contribution in [0.3, 0.4) is 0 Å². The van der Waals surface area contributed by atoms with Crippen LogP contribution in [0.4, 0.5) is 0 Å². The average Bonchev–Trinajstić information content (AvgIpc) is 2.20. The van der Waals surface area contributed by atoms with Gasteiger partial charge in [-0.25, -0.2) is 0 Å². The molecular weight excluding hydrogens is 192 g/mol. The van der Waals surface area contributed by atoms with Gasteiger partial charge >= 0.3 is 5.97 Å². The first-order valence-corrected chi connectivity index (χ1v) is 4.34. The molecule has 0 heterocycles. The molecule has 0 aliphatic carbocycles. The first-order valence-electron chi connectivity index (χ1n) is 4.34. The van der Waals surface area contributed by atoms with Crippen molar-refractivity contribution in [1.29, 1.82) is 0 Å². The Bertz CT molecular complexity index is 138. The number of esters is 1. The second-order valence-electron chi connectivity index (χ2n) is 2.35. The Kier molecular flexibility index (Phi) is 9.88. The first kappa shape index (κ1) is 13.3. The number of rotatable bonds is 9. The Morgan fingerprint density at radius 2 is 1.64 bits per heavy atom. The summed E-state index contributed by atoms with van der Waals surface area (Å²) in [6.07, 6.45) is 0.127. The van der Waals surface area contributed by atoms with E-state index in [1.54, 1.807) is 0 Å². The molecule has 0 spiro atoms. The van der Waals surface area contributed by atoms with Crippen LogP contribution in [0.15, 0.2) is 0 Å². The summed E-state index contributed by atoms with van der Waals surface area (Å²) >= 11 is 0. The lowest BCUT2D eigenvalue weighted by Gasteiger charge is -2.04. The second-order valence-corrected chi connectivity index (χ2v) is 2.35. The summed E-state index contributed by atoms with van der Waals surface area (Å²) in [6, 6.07) is 0. The van der Waals surface area contributed by atoms with E-state index in [1.165, 1.54) is 0 Å². The molecule has 0 bridgehead atoms. The Hall–Kier alpha value is -0.690. The Morgan fingerprint density at radius 3 is 2.29 bits per heavy atom. The minimum absolute atomic E-state index is 0.0137. The molecule has 0 aromatic heterocycles. The highest BCUT2D eigenvalue weighted by atomic mass is 16.7. The van der Waals surface area contributed by atoms with Crippen LogP contribution in [0.25, 0.3) is 0 Å². The number of ether oxygens (including phenoxy) is 3. The van der Waals surface area contributed by atoms with Crippen LogP contribution < -0.4 is 0 Å². The highest BCUT2D eigenvalue weighted by Crippen LogP contribution is 1.88. The monoisotopic (exact) mass is 208 g/mol. The third-order valence-electron chi connectivity index (χ3n) is 1.21. The van der Waals surface area contributed by atoms with Crippen LogP contribution in [0.1, 0.15) is 6.42 Å². The van der Waals surface area contributed by atoms with Crippen molar-refractivity contribution in [3.8, 4) is 0 Å². The SMILES string of the molecule is O=C(CCOCOCCO)OCCO. The van der Waals surface area contributed by atoms with Crippen molar-refractivity contribution < 1.29 is 29.2 Å². The quantitative estimate of drug-likeness (QED) is 0.284. The standard InChI is InChI=1S/C8H16O6/c9-2-5-13-7-12-4-1-8(11)14-6-3-10/h9-10H,1-7H2. The van der Waals surface area contributed by atoms with Crippen LogP contribution in [0.5, 0.6) is 0 Å². The third-order valence-corrected chi connectivity index (χ3v) is 1.21. The lowest BCUT2D eigenvalue weighted by Crippen LogP contribution is -2.12. The van der Waals surface area contributed by atoms with Gasteiger partial charge in [-0.05, 0) is 0 Å². The molecule has 0 radical (unpaired) electrons. The molecule has 0 aromatic rings. The summed E-state index contributed by atoms with van der Waals surface area (Å²) in [7, 11) is 0. The smallest absolute Gasteiger partial charge is 0.308 e. The van der Waals surface area contributed by atoms with Gasteiger partial charge in [0, 0.05) is 0 Å². The zero-order chi connectivity index (χ0) is 10.6. The fourth-order valence-electron chi connectivity index (χ4n) is 0.628. The van der Waals surface area contributed by atoms with Crippen LogP contribution in [-0.2, 0) is 19.0 Å². The fraction of sp³-hybridized carbons (Fsp3) is 0.875. The van der Waals surface area contributed by atoms with E-state index in [9.17, 15) is 4.79 Å². The molecular formula is C8H16O6. The maximum Gasteiger partial charge on any atom is 0.308 e. The molecule has 6 nitrogen and oxygen atoms in total. The molecule has 0 aromatic carbocycles. The van der Waals surface area contributed by atoms with Gasteiger partial charge in [-0.15, -0.1) is 0 Å². The van der Waals surface area contributed by atoms with E-state index < -0.39 is 5.97 Å². The van der Waals surface area contributed by atoms with Crippen LogP contribution >= 0.6 is 0 Å². The predicted molar refractivity (Wildman–Crippen MR) is 46.5 cm³/mol. The van der Waals surface area contributed by atoms with Gasteiger partial charge in [-0.3, -0.25) is 4.79 Å². The minimum Gasteiger partial charge on any atom is -0.463 e. The van der Waals surface area contributed by atoms with E-state index in [2.05, 4.69) is 4.74 Å². The molecule has 14 heavy (non-hydrogen) atoms. The van der Waals surface area contributed by atoms with E-state index in [0.717, 1.165) is 0 Å². The van der Waals surface area contributed by atoms with E-state index >= 15 is 0 Å². The number of hydrogen-bond acceptors (Lipinski definition) is 6. The molecule has 0 unspecified atom stereocenters. The summed E-state index contributed by atoms with van der Waals surface area (Å²) in [4.78, 5) is 10.8. The largest absolute Gasteiger partial charge is 0.463 e. The highest BCUT2D eigenvalue weighted by molar-refractivity contribution is 5.69. The van der Waals surface area contributed by atoms with Crippen LogP contribution in [0.2, 0.25) is 0 Å². The van der Waals surface area contributed by atoms with Gasteiger partial charge in [0.15, 0.2) is 0 Å². The molecule has 0 atom stereocenters. The summed E-state index contributed by atoms with van der Waals surface area (Å²) in [6.45, 7) is 0.256. The topological polar surface area (TPSA) is 85.2 Å². The molecule has 0 aliphatic heterocycles. The van der Waals surface area contributed by atoms with Gasteiger partial charge in [0.1, 0.15) is 13.4 Å². The Balaban J connectivity index is 3.07. The summed E-state index contributed by atoms with van der Waals surface area (Å²) < 4.78 is 14.2. The normalized spacial score (nSPS) is 10.1. The molecule has 2 N–H and O–H groups in total. The predicted octanol–water partition coefficient (Wildman–Crippen LogP) is -1.10. The van der Waals surface area contributed by atoms with Crippen molar-refractivity contribution in [2.45, 2.75) is 6.42 Å². The number of hydrogen-bond donors (Lipinski definition) is 2. The molecule has 6 heteroatoms. The molecule has 0 saturated heterocycles. The number of carbonyl (C=O) groups excluding carboxylic acids is 1. The number of aliphatic hydroxyl groups is 2. The van der Waals surface area contributed by atoms with Gasteiger partial charge in [0.25, 0.3) is 0 Å². The van der Waals surface area contributed by atoms with Crippen molar-refractivity contribution in [1.82, 2.24) is 0 Å². The van der Waals surface area contributed by atoms with Crippen molar-refractivity contribution in [2.24, 2.45) is 0 Å². The lowest BCUT2D eigenvalue weighted by atomic mass is 10.5. The second kappa shape index (κ2) is 10.4. The molecule has 0 amide bonds. The maximum atomic E-state index is 10.8. The maximum absolute atomic E-state index is 10.8. The first-order chi connectivity index (χ1) is 6.81. The molecule has 0 rings (SSSR count). The zero-order valence-electron chi connectivity index (χ0n) is 7.98.